The van der Waals surface area contributed by atoms with Crippen molar-refractivity contribution in [3.05, 3.63) is 12.7 Å². The summed E-state index contributed by atoms with van der Waals surface area (Å²) in [7, 11) is 0. The van der Waals surface area contributed by atoms with Crippen LogP contribution in [0.25, 0.3) is 0 Å². The van der Waals surface area contributed by atoms with Crippen LogP contribution in [-0.2, 0) is 4.94 Å². The van der Waals surface area contributed by atoms with Gasteiger partial charge < -0.3 is 5.11 Å². The van der Waals surface area contributed by atoms with Gasteiger partial charge in [-0.2, -0.15) is 0 Å². The first-order chi connectivity index (χ1) is 3.68. The van der Waals surface area contributed by atoms with Crippen molar-refractivity contribution in [2.75, 3.05) is 0 Å². The number of carbonyl (C=O) groups is 1. The molecule has 0 fully saturated rings. The fourth-order valence-electron chi connectivity index (χ4n) is 0. The van der Waals surface area contributed by atoms with Crippen LogP contribution in [0.3, 0.4) is 0 Å². The van der Waals surface area contributed by atoms with E-state index in [0.29, 0.717) is 0 Å². The van der Waals surface area contributed by atoms with Gasteiger partial charge in [-0.1, -0.05) is 6.08 Å². The second-order valence-corrected chi connectivity index (χ2v) is 0.751. The van der Waals surface area contributed by atoms with E-state index in [1.165, 1.54) is 0 Å². The van der Waals surface area contributed by atoms with E-state index < -0.39 is 6.16 Å². The fourth-order valence-corrected chi connectivity index (χ4v) is 0. The summed E-state index contributed by atoms with van der Waals surface area (Å²) in [4.78, 5) is 10.9. The Hall–Kier alpha value is -1.06. The van der Waals surface area contributed by atoms with Gasteiger partial charge in [0.25, 0.3) is 0 Å². The van der Waals surface area contributed by atoms with Crippen LogP contribution < -0.4 is 0 Å². The Labute approximate surface area is 46.3 Å². The molecule has 48 valence electrons. The summed E-state index contributed by atoms with van der Waals surface area (Å²) in [5.41, 5.74) is 0. The monoisotopic (exact) mass is 122 g/mol. The highest BCUT2D eigenvalue weighted by atomic mass is 19.3. The van der Waals surface area contributed by atoms with E-state index in [9.17, 15) is 4.53 Å². The van der Waals surface area contributed by atoms with Crippen LogP contribution in [0.1, 0.15) is 6.92 Å². The maximum atomic E-state index is 10.0. The van der Waals surface area contributed by atoms with Crippen molar-refractivity contribution in [1.29, 1.82) is 0 Å². The van der Waals surface area contributed by atoms with Crippen molar-refractivity contribution < 1.29 is 19.4 Å². The van der Waals surface area contributed by atoms with E-state index in [0.717, 1.165) is 0 Å². The lowest BCUT2D eigenvalue weighted by Gasteiger charge is -1.70. The van der Waals surface area contributed by atoms with Gasteiger partial charge in [-0.25, -0.2) is 9.74 Å². The predicted octanol–water partition coefficient (Wildman–Crippen LogP) is 1.76. The molecule has 8 heavy (non-hydrogen) atoms. The smallest absolute Gasteiger partial charge is 0.448 e. The molecule has 0 aliphatic carbocycles. The van der Waals surface area contributed by atoms with Gasteiger partial charge in [-0.05, 0) is 6.92 Å². The molecule has 0 bridgehead atoms. The molecule has 0 aromatic carbocycles. The molecule has 0 radical (unpaired) electrons. The van der Waals surface area contributed by atoms with Crippen LogP contribution in [-0.4, -0.2) is 11.3 Å². The normalized spacial score (nSPS) is 5.75. The van der Waals surface area contributed by atoms with Crippen LogP contribution in [0.4, 0.5) is 9.32 Å². The minimum Gasteiger partial charge on any atom is -0.448 e. The third-order valence-corrected chi connectivity index (χ3v) is 0.0660. The predicted molar refractivity (Wildman–Crippen MR) is 26.1 cm³/mol. The number of carboxylic acid groups (broad SMARTS) is 1. The maximum absolute atomic E-state index is 10.0. The Balaban J connectivity index is 0. The van der Waals surface area contributed by atoms with Gasteiger partial charge in [0, 0.05) is 4.53 Å². The molecule has 0 heterocycles. The largest absolute Gasteiger partial charge is 0.542 e. The number of halogens is 1. The van der Waals surface area contributed by atoms with Gasteiger partial charge in [0.15, 0.2) is 0 Å². The van der Waals surface area contributed by atoms with Gasteiger partial charge in [0.05, 0.1) is 0 Å². The minimum atomic E-state index is -1.91. The number of hydrogen-bond acceptors (Lipinski definition) is 2. The molecule has 0 unspecified atom stereocenters. The number of hydrogen-bond donors (Lipinski definition) is 1. The average Bonchev–Trinajstić information content (AvgIpc) is 1.69. The zero-order chi connectivity index (χ0) is 6.99. The van der Waals surface area contributed by atoms with Gasteiger partial charge in [-0.3, -0.25) is 0 Å². The summed E-state index contributed by atoms with van der Waals surface area (Å²) in [6.45, 7) is 5.25. The summed E-state index contributed by atoms with van der Waals surface area (Å²) in [6.07, 6.45) is -0.162. The van der Waals surface area contributed by atoms with Gasteiger partial charge >= 0.3 is 6.16 Å². The molecule has 0 aromatic rings. The van der Waals surface area contributed by atoms with E-state index in [-0.39, 0.29) is 0 Å². The zero-order valence-electron chi connectivity index (χ0n) is 4.43. The van der Waals surface area contributed by atoms with Crippen molar-refractivity contribution in [3.8, 4) is 0 Å². The minimum absolute atomic E-state index is 1.75. The van der Waals surface area contributed by atoms with E-state index in [2.05, 4.69) is 11.5 Å². The Morgan fingerprint density at radius 2 is 2.12 bits per heavy atom. The Morgan fingerprint density at radius 3 is 2.12 bits per heavy atom. The highest BCUT2D eigenvalue weighted by Crippen LogP contribution is 1.69. The highest BCUT2D eigenvalue weighted by Gasteiger charge is 1.87. The Morgan fingerprint density at radius 1 is 2.00 bits per heavy atom. The van der Waals surface area contributed by atoms with Crippen LogP contribution >= 0.6 is 0 Å². The Bertz CT molecular complexity index is 71.7. The second kappa shape index (κ2) is 9.34. The quantitative estimate of drug-likeness (QED) is 0.498. The maximum Gasteiger partial charge on any atom is 0.542 e. The lowest BCUT2D eigenvalue weighted by Crippen LogP contribution is -1.86. The Kier molecular flexibility index (Phi) is 11.7. The molecule has 0 aliphatic heterocycles. The first-order valence-electron chi connectivity index (χ1n) is 1.77. The average molecular weight is 122 g/mol. The molecular formula is C4H7FO3. The molecule has 0 saturated heterocycles. The lowest BCUT2D eigenvalue weighted by atomic mass is 10.8. The number of rotatable bonds is 0. The topological polar surface area (TPSA) is 46.5 Å². The van der Waals surface area contributed by atoms with Gasteiger partial charge in [-0.15, -0.1) is 6.58 Å². The van der Waals surface area contributed by atoms with E-state index >= 15 is 0 Å². The molecule has 0 saturated carbocycles. The highest BCUT2D eigenvalue weighted by molar-refractivity contribution is 5.55. The molecule has 0 aliphatic rings. The lowest BCUT2D eigenvalue weighted by molar-refractivity contribution is -0.0884. The van der Waals surface area contributed by atoms with Crippen LogP contribution in [0.2, 0.25) is 0 Å². The first kappa shape index (κ1) is 10.0. The first-order valence-corrected chi connectivity index (χ1v) is 1.77. The summed E-state index contributed by atoms with van der Waals surface area (Å²) >= 11 is 0. The van der Waals surface area contributed by atoms with E-state index in [1.54, 1.807) is 6.08 Å². The van der Waals surface area contributed by atoms with Gasteiger partial charge in [0.1, 0.15) is 0 Å². The zero-order valence-corrected chi connectivity index (χ0v) is 4.43. The SMILES string of the molecule is C=CC.O=C(O)OF. The summed E-state index contributed by atoms with van der Waals surface area (Å²) in [6, 6.07) is 0. The van der Waals surface area contributed by atoms with E-state index in [1.807, 2.05) is 6.92 Å². The molecule has 0 amide bonds. The molecular weight excluding hydrogens is 115 g/mol. The standard InChI is InChI=1S/C3H6.CHFO3/c1-3-2;2-5-1(3)4/h3H,1H2,2H3;(H,3,4). The summed E-state index contributed by atoms with van der Waals surface area (Å²) < 4.78 is 10.0. The van der Waals surface area contributed by atoms with Gasteiger partial charge in [0.2, 0.25) is 0 Å². The molecule has 4 heteroatoms. The van der Waals surface area contributed by atoms with Crippen molar-refractivity contribution in [1.82, 2.24) is 0 Å². The number of allylic oxidation sites excluding steroid dienone is 1. The molecule has 3 nitrogen and oxygen atoms in total. The molecule has 0 aromatic heterocycles. The van der Waals surface area contributed by atoms with Crippen LogP contribution in [0.5, 0.6) is 0 Å². The van der Waals surface area contributed by atoms with E-state index in [4.69, 9.17) is 9.90 Å². The van der Waals surface area contributed by atoms with Crippen LogP contribution in [0, 0.1) is 0 Å². The molecule has 0 rings (SSSR count). The third kappa shape index (κ3) is 86.8. The second-order valence-electron chi connectivity index (χ2n) is 0.751. The van der Waals surface area contributed by atoms with Crippen molar-refractivity contribution in [3.63, 3.8) is 0 Å². The summed E-state index contributed by atoms with van der Waals surface area (Å²) in [5.74, 6) is 0. The molecule has 0 spiro atoms. The molecule has 0 atom stereocenters. The van der Waals surface area contributed by atoms with Crippen molar-refractivity contribution in [2.24, 2.45) is 0 Å². The van der Waals surface area contributed by atoms with Crippen LogP contribution in [0.15, 0.2) is 12.7 Å². The fraction of sp³-hybridized carbons (Fsp3) is 0.250. The van der Waals surface area contributed by atoms with Crippen molar-refractivity contribution in [2.45, 2.75) is 6.92 Å². The third-order valence-electron chi connectivity index (χ3n) is 0.0660. The van der Waals surface area contributed by atoms with Crippen molar-refractivity contribution >= 4 is 6.16 Å². The summed E-state index contributed by atoms with van der Waals surface area (Å²) in [5, 5.41) is 7.12. The molecule has 1 N–H and O–H groups in total.